The molecule has 0 unspecified atom stereocenters. The molecule has 1 N–H and O–H groups in total. The van der Waals surface area contributed by atoms with Gasteiger partial charge in [0.2, 0.25) is 0 Å². The third kappa shape index (κ3) is 3.69. The fourth-order valence-corrected chi connectivity index (χ4v) is 3.76. The van der Waals surface area contributed by atoms with Crippen LogP contribution in [-0.4, -0.2) is 32.2 Å². The van der Waals surface area contributed by atoms with E-state index in [1.165, 1.54) is 12.3 Å². The summed E-state index contributed by atoms with van der Waals surface area (Å²) in [6.45, 7) is 2.95. The molecule has 160 valence electrons. The van der Waals surface area contributed by atoms with Crippen LogP contribution in [0.3, 0.4) is 0 Å². The number of halogens is 2. The highest BCUT2D eigenvalue weighted by Gasteiger charge is 2.22. The molecular formula is C23H17ClFN5O2. The first-order chi connectivity index (χ1) is 15.5. The number of nitrogens with zero attached hydrogens (tertiary/aromatic N) is 4. The summed E-state index contributed by atoms with van der Waals surface area (Å²) >= 11 is 6.03. The number of hydrogen-bond donors (Lipinski definition) is 1. The highest BCUT2D eigenvalue weighted by atomic mass is 35.5. The molecule has 3 heterocycles. The van der Waals surface area contributed by atoms with Crippen molar-refractivity contribution in [2.45, 2.75) is 13.5 Å². The van der Waals surface area contributed by atoms with Crippen molar-refractivity contribution in [3.05, 3.63) is 76.8 Å². The number of hydrogen-bond acceptors (Lipinski definition) is 5. The molecule has 0 saturated carbocycles. The Balaban J connectivity index is 1.55. The molecule has 1 aliphatic rings. The summed E-state index contributed by atoms with van der Waals surface area (Å²) in [6, 6.07) is 13.1. The lowest BCUT2D eigenvalue weighted by atomic mass is 10.1. The zero-order valence-electron chi connectivity index (χ0n) is 17.0. The van der Waals surface area contributed by atoms with E-state index < -0.39 is 5.82 Å². The summed E-state index contributed by atoms with van der Waals surface area (Å²) in [7, 11) is 0. The lowest BCUT2D eigenvalue weighted by molar-refractivity contribution is 0.0924. The summed E-state index contributed by atoms with van der Waals surface area (Å²) in [6.07, 6.45) is 1.53. The van der Waals surface area contributed by atoms with E-state index in [4.69, 9.17) is 16.3 Å². The van der Waals surface area contributed by atoms with Gasteiger partial charge in [-0.3, -0.25) is 9.48 Å². The van der Waals surface area contributed by atoms with Crippen molar-refractivity contribution in [2.24, 2.45) is 0 Å². The molecule has 2 aromatic carbocycles. The third-order valence-electron chi connectivity index (χ3n) is 5.10. The second-order valence-electron chi connectivity index (χ2n) is 7.28. The first-order valence-electron chi connectivity index (χ1n) is 9.92. The Labute approximate surface area is 187 Å². The lowest BCUT2D eigenvalue weighted by Gasteiger charge is -2.13. The standard InChI is InChI=1S/C23H17ClFN5O2/c1-13-11-14(24)5-6-19(13)32-20-4-2-3-15(25)21(20)22-26-8-7-16(28-22)17-12-18-23(31)27-9-10-30(18)29-17/h2-8,11-12H,9-10H2,1H3,(H,27,31). The van der Waals surface area contributed by atoms with Crippen LogP contribution in [0, 0.1) is 12.7 Å². The van der Waals surface area contributed by atoms with Crippen LogP contribution in [0.5, 0.6) is 11.5 Å². The van der Waals surface area contributed by atoms with Gasteiger partial charge in [-0.1, -0.05) is 17.7 Å². The Kier molecular flexibility index (Phi) is 5.07. The van der Waals surface area contributed by atoms with Crippen LogP contribution in [0.1, 0.15) is 16.1 Å². The fourth-order valence-electron chi connectivity index (χ4n) is 3.54. The Morgan fingerprint density at radius 3 is 2.81 bits per heavy atom. The number of nitrogens with one attached hydrogen (secondary N) is 1. The first kappa shape index (κ1) is 20.1. The monoisotopic (exact) mass is 449 g/mol. The molecule has 32 heavy (non-hydrogen) atoms. The third-order valence-corrected chi connectivity index (χ3v) is 5.33. The summed E-state index contributed by atoms with van der Waals surface area (Å²) in [4.78, 5) is 20.8. The van der Waals surface area contributed by atoms with Gasteiger partial charge in [0.05, 0.1) is 17.8 Å². The largest absolute Gasteiger partial charge is 0.456 e. The summed E-state index contributed by atoms with van der Waals surface area (Å²) in [5.74, 6) is 0.265. The maximum absolute atomic E-state index is 14.9. The molecule has 2 aromatic heterocycles. The van der Waals surface area contributed by atoms with Crippen LogP contribution >= 0.6 is 11.6 Å². The molecule has 0 saturated heterocycles. The van der Waals surface area contributed by atoms with Crippen molar-refractivity contribution >= 4 is 17.5 Å². The maximum atomic E-state index is 14.9. The number of carbonyl (C=O) groups is 1. The van der Waals surface area contributed by atoms with E-state index in [1.807, 2.05) is 6.92 Å². The highest BCUT2D eigenvalue weighted by molar-refractivity contribution is 6.30. The van der Waals surface area contributed by atoms with E-state index in [0.29, 0.717) is 40.9 Å². The average Bonchev–Trinajstić information content (AvgIpc) is 3.22. The van der Waals surface area contributed by atoms with Gasteiger partial charge in [-0.15, -0.1) is 0 Å². The second-order valence-corrected chi connectivity index (χ2v) is 7.72. The zero-order valence-corrected chi connectivity index (χ0v) is 17.7. The molecule has 0 spiro atoms. The lowest BCUT2D eigenvalue weighted by Crippen LogP contribution is -2.35. The molecule has 5 rings (SSSR count). The van der Waals surface area contributed by atoms with E-state index in [2.05, 4.69) is 20.4 Å². The van der Waals surface area contributed by atoms with Gasteiger partial charge in [0.1, 0.15) is 28.7 Å². The minimum absolute atomic E-state index is 0.130. The van der Waals surface area contributed by atoms with Crippen molar-refractivity contribution in [3.63, 3.8) is 0 Å². The van der Waals surface area contributed by atoms with E-state index in [0.717, 1.165) is 5.56 Å². The van der Waals surface area contributed by atoms with Crippen molar-refractivity contribution < 1.29 is 13.9 Å². The van der Waals surface area contributed by atoms with Crippen LogP contribution < -0.4 is 10.1 Å². The fraction of sp³-hybridized carbons (Fsp3) is 0.130. The SMILES string of the molecule is Cc1cc(Cl)ccc1Oc1cccc(F)c1-c1nccc(-c2cc3n(n2)CCNC3=O)n1. The molecule has 1 amide bonds. The van der Waals surface area contributed by atoms with Crippen molar-refractivity contribution in [3.8, 4) is 34.3 Å². The molecule has 1 aliphatic heterocycles. The van der Waals surface area contributed by atoms with Crippen LogP contribution in [0.25, 0.3) is 22.8 Å². The topological polar surface area (TPSA) is 81.9 Å². The number of aryl methyl sites for hydroxylation is 1. The molecule has 9 heteroatoms. The highest BCUT2D eigenvalue weighted by Crippen LogP contribution is 2.36. The number of carbonyl (C=O) groups excluding carboxylic acids is 1. The molecule has 0 fully saturated rings. The van der Waals surface area contributed by atoms with Gasteiger partial charge in [-0.05, 0) is 55.0 Å². The quantitative estimate of drug-likeness (QED) is 0.490. The Bertz CT molecular complexity index is 1350. The van der Waals surface area contributed by atoms with Crippen molar-refractivity contribution in [2.75, 3.05) is 6.54 Å². The number of ether oxygens (including phenoxy) is 1. The number of benzene rings is 2. The molecule has 0 aliphatic carbocycles. The predicted molar refractivity (Wildman–Crippen MR) is 117 cm³/mol. The number of rotatable bonds is 4. The van der Waals surface area contributed by atoms with Gasteiger partial charge in [-0.2, -0.15) is 5.10 Å². The molecule has 0 atom stereocenters. The smallest absolute Gasteiger partial charge is 0.269 e. The van der Waals surface area contributed by atoms with E-state index >= 15 is 0 Å². The van der Waals surface area contributed by atoms with Gasteiger partial charge in [-0.25, -0.2) is 14.4 Å². The minimum atomic E-state index is -0.519. The van der Waals surface area contributed by atoms with Gasteiger partial charge in [0.15, 0.2) is 5.82 Å². The molecule has 0 radical (unpaired) electrons. The number of aromatic nitrogens is 4. The Morgan fingerprint density at radius 1 is 1.12 bits per heavy atom. The molecule has 4 aromatic rings. The van der Waals surface area contributed by atoms with Crippen molar-refractivity contribution in [1.29, 1.82) is 0 Å². The van der Waals surface area contributed by atoms with Crippen molar-refractivity contribution in [1.82, 2.24) is 25.1 Å². The molecule has 0 bridgehead atoms. The van der Waals surface area contributed by atoms with Gasteiger partial charge >= 0.3 is 0 Å². The van der Waals surface area contributed by atoms with Crippen LogP contribution in [-0.2, 0) is 6.54 Å². The molecular weight excluding hydrogens is 433 g/mol. The Morgan fingerprint density at radius 2 is 2.00 bits per heavy atom. The van der Waals surface area contributed by atoms with Gasteiger partial charge < -0.3 is 10.1 Å². The van der Waals surface area contributed by atoms with Crippen LogP contribution in [0.2, 0.25) is 5.02 Å². The normalized spacial score (nSPS) is 12.9. The van der Waals surface area contributed by atoms with Gasteiger partial charge in [0.25, 0.3) is 5.91 Å². The second kappa shape index (κ2) is 8.05. The minimum Gasteiger partial charge on any atom is -0.456 e. The number of fused-ring (bicyclic) bond motifs is 1. The predicted octanol–water partition coefficient (Wildman–Crippen LogP) is 4.64. The first-order valence-corrected chi connectivity index (χ1v) is 10.3. The maximum Gasteiger partial charge on any atom is 0.269 e. The van der Waals surface area contributed by atoms with Crippen LogP contribution in [0.4, 0.5) is 4.39 Å². The van der Waals surface area contributed by atoms with E-state index in [-0.39, 0.29) is 23.0 Å². The molecule has 7 nitrogen and oxygen atoms in total. The average molecular weight is 450 g/mol. The number of amides is 1. The van der Waals surface area contributed by atoms with Crippen LogP contribution in [0.15, 0.2) is 54.7 Å². The Hall–Kier alpha value is -3.78. The summed E-state index contributed by atoms with van der Waals surface area (Å²) in [5, 5.41) is 7.83. The van der Waals surface area contributed by atoms with E-state index in [1.54, 1.807) is 47.1 Å². The summed E-state index contributed by atoms with van der Waals surface area (Å²) in [5.41, 5.74) is 2.38. The summed E-state index contributed by atoms with van der Waals surface area (Å²) < 4.78 is 22.6. The van der Waals surface area contributed by atoms with Gasteiger partial charge in [0, 0.05) is 17.8 Å². The van der Waals surface area contributed by atoms with E-state index in [9.17, 15) is 9.18 Å². The zero-order chi connectivity index (χ0) is 22.2.